The number of aromatic nitrogens is 1. The van der Waals surface area contributed by atoms with Gasteiger partial charge in [-0.25, -0.2) is 8.42 Å². The number of carbonyl (C=O) groups is 1. The molecule has 0 fully saturated rings. The van der Waals surface area contributed by atoms with E-state index >= 15 is 0 Å². The molecule has 19 heavy (non-hydrogen) atoms. The Kier molecular flexibility index (Phi) is 5.12. The molecular weight excluding hydrogens is 288 g/mol. The number of nitrogens with two attached hydrogens (primary N) is 1. The van der Waals surface area contributed by atoms with E-state index in [0.29, 0.717) is 11.5 Å². The van der Waals surface area contributed by atoms with Gasteiger partial charge in [0.15, 0.2) is 15.7 Å². The van der Waals surface area contributed by atoms with Crippen LogP contribution in [0.4, 0.5) is 10.8 Å². The summed E-state index contributed by atoms with van der Waals surface area (Å²) in [5, 5.41) is 3.30. The van der Waals surface area contributed by atoms with E-state index in [1.165, 1.54) is 4.90 Å². The smallest absolute Gasteiger partial charge is 0.223 e. The molecule has 1 heterocycles. The molecule has 1 amide bonds. The minimum Gasteiger partial charge on any atom is -0.382 e. The molecule has 0 aliphatic heterocycles. The first-order chi connectivity index (χ1) is 8.79. The molecule has 0 aliphatic carbocycles. The Morgan fingerprint density at radius 2 is 2.11 bits per heavy atom. The molecule has 0 saturated heterocycles. The van der Waals surface area contributed by atoms with E-state index in [4.69, 9.17) is 5.73 Å². The third-order valence-corrected chi connectivity index (χ3v) is 5.23. The van der Waals surface area contributed by atoms with Crippen molar-refractivity contribution in [1.82, 2.24) is 9.27 Å². The summed E-state index contributed by atoms with van der Waals surface area (Å²) >= 11 is 0.988. The van der Waals surface area contributed by atoms with Crippen molar-refractivity contribution < 1.29 is 13.2 Å². The molecule has 0 spiro atoms. The van der Waals surface area contributed by atoms with Gasteiger partial charge in [-0.2, -0.15) is 4.37 Å². The quantitative estimate of drug-likeness (QED) is 0.788. The van der Waals surface area contributed by atoms with E-state index in [1.807, 2.05) is 0 Å². The number of carbonyl (C=O) groups excluding carboxylic acids is 1. The van der Waals surface area contributed by atoms with Crippen LogP contribution in [-0.4, -0.2) is 50.0 Å². The molecule has 0 aliphatic rings. The van der Waals surface area contributed by atoms with Crippen LogP contribution in [0.25, 0.3) is 0 Å². The van der Waals surface area contributed by atoms with Crippen LogP contribution in [0.3, 0.4) is 0 Å². The maximum atomic E-state index is 11.9. The maximum Gasteiger partial charge on any atom is 0.223 e. The van der Waals surface area contributed by atoms with Crippen molar-refractivity contribution in [3.8, 4) is 0 Å². The topological polar surface area (TPSA) is 105 Å². The SMILES string of the molecule is CCS(=O)(=O)c1c(N)nsc1NCCC(=O)N(C)C. The standard InChI is InChI=1S/C10H18N4O3S2/c1-4-19(16,17)8-9(11)13-18-10(8)12-6-5-7(15)14(2)3/h12H,4-6H2,1-3H3,(H2,11,13). The minimum atomic E-state index is -3.42. The molecule has 9 heteroatoms. The lowest BCUT2D eigenvalue weighted by Crippen LogP contribution is -2.24. The van der Waals surface area contributed by atoms with Crippen LogP contribution in [0.1, 0.15) is 13.3 Å². The monoisotopic (exact) mass is 306 g/mol. The van der Waals surface area contributed by atoms with Crippen LogP contribution >= 0.6 is 11.5 Å². The Morgan fingerprint density at radius 3 is 2.63 bits per heavy atom. The zero-order chi connectivity index (χ0) is 14.6. The number of nitrogens with one attached hydrogen (secondary N) is 1. The van der Waals surface area contributed by atoms with Gasteiger partial charge in [-0.05, 0) is 11.5 Å². The van der Waals surface area contributed by atoms with Crippen molar-refractivity contribution in [2.45, 2.75) is 18.2 Å². The van der Waals surface area contributed by atoms with Gasteiger partial charge in [0.25, 0.3) is 0 Å². The fourth-order valence-corrected chi connectivity index (χ4v) is 3.55. The van der Waals surface area contributed by atoms with Crippen LogP contribution in [0.5, 0.6) is 0 Å². The molecule has 3 N–H and O–H groups in total. The van der Waals surface area contributed by atoms with Crippen LogP contribution in [0, 0.1) is 0 Å². The molecule has 0 aromatic carbocycles. The van der Waals surface area contributed by atoms with Gasteiger partial charge >= 0.3 is 0 Å². The average Bonchev–Trinajstić information content (AvgIpc) is 2.71. The highest BCUT2D eigenvalue weighted by molar-refractivity contribution is 7.91. The predicted molar refractivity (Wildman–Crippen MR) is 76.1 cm³/mol. The van der Waals surface area contributed by atoms with Crippen molar-refractivity contribution >= 4 is 38.1 Å². The van der Waals surface area contributed by atoms with E-state index in [2.05, 4.69) is 9.69 Å². The zero-order valence-electron chi connectivity index (χ0n) is 11.1. The van der Waals surface area contributed by atoms with Gasteiger partial charge in [0.1, 0.15) is 9.90 Å². The van der Waals surface area contributed by atoms with Crippen LogP contribution < -0.4 is 11.1 Å². The lowest BCUT2D eigenvalue weighted by molar-refractivity contribution is -0.128. The molecule has 0 unspecified atom stereocenters. The third kappa shape index (κ3) is 3.80. The maximum absolute atomic E-state index is 11.9. The van der Waals surface area contributed by atoms with E-state index in [9.17, 15) is 13.2 Å². The van der Waals surface area contributed by atoms with E-state index in [-0.39, 0.29) is 28.8 Å². The van der Waals surface area contributed by atoms with Crippen molar-refractivity contribution in [3.63, 3.8) is 0 Å². The highest BCUT2D eigenvalue weighted by Crippen LogP contribution is 2.32. The van der Waals surface area contributed by atoms with Gasteiger partial charge in [0.05, 0.1) is 5.75 Å². The second kappa shape index (κ2) is 6.20. The fourth-order valence-electron chi connectivity index (χ4n) is 1.36. The number of nitrogens with zero attached hydrogens (tertiary/aromatic N) is 2. The molecule has 0 atom stereocenters. The molecule has 0 saturated carbocycles. The first kappa shape index (κ1) is 15.7. The number of anilines is 2. The number of nitrogen functional groups attached to an aromatic ring is 1. The Hall–Kier alpha value is -1.35. The summed E-state index contributed by atoms with van der Waals surface area (Å²) in [6.45, 7) is 1.89. The summed E-state index contributed by atoms with van der Waals surface area (Å²) in [6.07, 6.45) is 0.274. The second-order valence-corrected chi connectivity index (χ2v) is 7.08. The Balaban J connectivity index is 2.79. The molecule has 7 nitrogen and oxygen atoms in total. The van der Waals surface area contributed by atoms with Crippen LogP contribution in [-0.2, 0) is 14.6 Å². The lowest BCUT2D eigenvalue weighted by atomic mass is 10.4. The molecule has 1 aromatic rings. The molecular formula is C10H18N4O3S2. The lowest BCUT2D eigenvalue weighted by Gasteiger charge is -2.11. The Morgan fingerprint density at radius 1 is 1.47 bits per heavy atom. The summed E-state index contributed by atoms with van der Waals surface area (Å²) in [6, 6.07) is 0. The Labute approximate surface area is 116 Å². The predicted octanol–water partition coefficient (Wildman–Crippen LogP) is 0.409. The molecule has 0 bridgehead atoms. The van der Waals surface area contributed by atoms with Crippen molar-refractivity contribution in [1.29, 1.82) is 0 Å². The van der Waals surface area contributed by atoms with Crippen molar-refractivity contribution in [3.05, 3.63) is 0 Å². The molecule has 108 valence electrons. The van der Waals surface area contributed by atoms with Gasteiger partial charge in [0.2, 0.25) is 5.91 Å². The normalized spacial score (nSPS) is 11.3. The number of rotatable bonds is 6. The van der Waals surface area contributed by atoms with Gasteiger partial charge in [-0.15, -0.1) is 0 Å². The number of amides is 1. The van der Waals surface area contributed by atoms with E-state index in [1.54, 1.807) is 21.0 Å². The van der Waals surface area contributed by atoms with Crippen LogP contribution in [0.15, 0.2) is 4.90 Å². The number of hydrogen-bond acceptors (Lipinski definition) is 7. The average molecular weight is 306 g/mol. The van der Waals surface area contributed by atoms with Crippen LogP contribution in [0.2, 0.25) is 0 Å². The molecule has 0 radical (unpaired) electrons. The zero-order valence-corrected chi connectivity index (χ0v) is 12.8. The Bertz CT molecular complexity index is 551. The fraction of sp³-hybridized carbons (Fsp3) is 0.600. The molecule has 1 aromatic heterocycles. The largest absolute Gasteiger partial charge is 0.382 e. The summed E-state index contributed by atoms with van der Waals surface area (Å²) < 4.78 is 27.6. The highest BCUT2D eigenvalue weighted by Gasteiger charge is 2.23. The van der Waals surface area contributed by atoms with Crippen molar-refractivity contribution in [2.24, 2.45) is 0 Å². The summed E-state index contributed by atoms with van der Waals surface area (Å²) in [5.41, 5.74) is 5.59. The number of hydrogen-bond donors (Lipinski definition) is 2. The summed E-state index contributed by atoms with van der Waals surface area (Å²) in [4.78, 5) is 12.9. The first-order valence-electron chi connectivity index (χ1n) is 5.71. The van der Waals surface area contributed by atoms with E-state index < -0.39 is 9.84 Å². The summed E-state index contributed by atoms with van der Waals surface area (Å²) in [7, 11) is -0.0848. The van der Waals surface area contributed by atoms with Crippen molar-refractivity contribution in [2.75, 3.05) is 37.4 Å². The van der Waals surface area contributed by atoms with Gasteiger partial charge in [-0.1, -0.05) is 6.92 Å². The molecule has 1 rings (SSSR count). The van der Waals surface area contributed by atoms with Gasteiger partial charge in [0, 0.05) is 27.1 Å². The number of sulfone groups is 1. The third-order valence-electron chi connectivity index (χ3n) is 2.49. The van der Waals surface area contributed by atoms with E-state index in [0.717, 1.165) is 11.5 Å². The first-order valence-corrected chi connectivity index (χ1v) is 8.14. The van der Waals surface area contributed by atoms with Gasteiger partial charge in [-0.3, -0.25) is 4.79 Å². The minimum absolute atomic E-state index is 0.00767. The highest BCUT2D eigenvalue weighted by atomic mass is 32.2. The second-order valence-electron chi connectivity index (χ2n) is 4.09. The van der Waals surface area contributed by atoms with Gasteiger partial charge < -0.3 is 16.0 Å². The summed E-state index contributed by atoms with van der Waals surface area (Å²) in [5.74, 6) is -0.0702.